The molecule has 5 aromatic carbocycles. The van der Waals surface area contributed by atoms with E-state index in [0.717, 1.165) is 77.5 Å². The molecule has 278 valence electrons. The number of anilines is 1. The number of benzene rings is 5. The van der Waals surface area contributed by atoms with Gasteiger partial charge >= 0.3 is 0 Å². The van der Waals surface area contributed by atoms with E-state index in [1.54, 1.807) is 0 Å². The molecule has 0 bridgehead atoms. The first-order valence-corrected chi connectivity index (χ1v) is 20.3. The Bertz CT molecular complexity index is 2540. The fourth-order valence-electron chi connectivity index (χ4n) is 8.54. The summed E-state index contributed by atoms with van der Waals surface area (Å²) in [6.07, 6.45) is 23.9. The maximum absolute atomic E-state index is 6.63. The molecule has 4 heteroatoms. The molecule has 0 amide bonds. The van der Waals surface area contributed by atoms with Crippen molar-refractivity contribution in [3.8, 4) is 11.1 Å². The molecular formula is C52H49N3O. The number of hydrogen-bond donors (Lipinski definition) is 3. The molecule has 2 unspecified atom stereocenters. The molecule has 0 saturated carbocycles. The van der Waals surface area contributed by atoms with Crippen molar-refractivity contribution in [2.24, 2.45) is 5.73 Å². The zero-order chi connectivity index (χ0) is 37.7. The highest BCUT2D eigenvalue weighted by atomic mass is 16.3. The first-order valence-electron chi connectivity index (χ1n) is 20.3. The number of furan rings is 1. The number of nitrogens with two attached hydrogens (primary N) is 1. The minimum atomic E-state index is 0.0667. The Morgan fingerprint density at radius 3 is 2.43 bits per heavy atom. The van der Waals surface area contributed by atoms with Crippen LogP contribution < -0.4 is 16.4 Å². The number of fused-ring (bicyclic) bond motifs is 3. The second-order valence-electron chi connectivity index (χ2n) is 15.3. The van der Waals surface area contributed by atoms with Crippen molar-refractivity contribution in [3.05, 3.63) is 197 Å². The molecule has 2 atom stereocenters. The Morgan fingerprint density at radius 2 is 1.55 bits per heavy atom. The van der Waals surface area contributed by atoms with Crippen LogP contribution in [0.25, 0.3) is 44.3 Å². The first-order chi connectivity index (χ1) is 27.6. The molecule has 0 saturated heterocycles. The van der Waals surface area contributed by atoms with E-state index in [9.17, 15) is 0 Å². The van der Waals surface area contributed by atoms with Gasteiger partial charge in [0.05, 0.1) is 6.04 Å². The quantitative estimate of drug-likeness (QED) is 0.116. The molecule has 4 N–H and O–H groups in total. The van der Waals surface area contributed by atoms with Crippen LogP contribution in [-0.2, 0) is 0 Å². The zero-order valence-corrected chi connectivity index (χ0v) is 31.9. The van der Waals surface area contributed by atoms with Crippen molar-refractivity contribution in [1.82, 2.24) is 5.32 Å². The molecule has 56 heavy (non-hydrogen) atoms. The van der Waals surface area contributed by atoms with Crippen LogP contribution in [-0.4, -0.2) is 12.6 Å². The average molecular weight is 732 g/mol. The van der Waals surface area contributed by atoms with Gasteiger partial charge in [0.25, 0.3) is 0 Å². The van der Waals surface area contributed by atoms with Crippen LogP contribution in [0.3, 0.4) is 0 Å². The molecule has 1 aromatic heterocycles. The Labute approximate surface area is 330 Å². The van der Waals surface area contributed by atoms with Crippen molar-refractivity contribution in [2.75, 3.05) is 11.9 Å². The standard InChI is InChI=1S/C52H49N3O/c53-48(38-14-3-1-4-15-38)34-50(39-16-5-2-6-17-39)54-35-36-13-11-18-40(31-36)41-19-12-20-43(32-41)45-21-7-9-23-49(45)55-44-28-25-37(26-29-44)42-27-30-52-47(33-42)46-22-8-10-24-51(46)56-52/h1,3-5,8-10,12,14-17,19-20,22-34,40,50,54-55H,2,6-7,11,13,18,21,35,53H2/b48-34-. The van der Waals surface area contributed by atoms with Gasteiger partial charge in [-0.15, -0.1) is 0 Å². The van der Waals surface area contributed by atoms with Gasteiger partial charge in [0.1, 0.15) is 11.2 Å². The maximum atomic E-state index is 6.63. The van der Waals surface area contributed by atoms with Gasteiger partial charge in [-0.05, 0) is 126 Å². The third kappa shape index (κ3) is 7.84. The second-order valence-corrected chi connectivity index (χ2v) is 15.3. The second kappa shape index (κ2) is 16.3. The van der Waals surface area contributed by atoms with Crippen molar-refractivity contribution < 1.29 is 4.42 Å². The number of allylic oxidation sites excluding steroid dienone is 6. The van der Waals surface area contributed by atoms with Crippen molar-refractivity contribution in [3.63, 3.8) is 0 Å². The van der Waals surface area contributed by atoms with Gasteiger partial charge in [-0.1, -0.05) is 127 Å². The van der Waals surface area contributed by atoms with Crippen LogP contribution in [0.15, 0.2) is 185 Å². The van der Waals surface area contributed by atoms with E-state index in [2.05, 4.69) is 144 Å². The average Bonchev–Trinajstić information content (AvgIpc) is 3.64. The molecule has 4 nitrogen and oxygen atoms in total. The Morgan fingerprint density at radius 1 is 0.732 bits per heavy atom. The molecular weight excluding hydrogens is 683 g/mol. The van der Waals surface area contributed by atoms with Crippen LogP contribution in [0.2, 0.25) is 0 Å². The highest BCUT2D eigenvalue weighted by molar-refractivity contribution is 6.06. The minimum Gasteiger partial charge on any atom is -0.456 e. The lowest BCUT2D eigenvalue weighted by molar-refractivity contribution is 0.597. The first kappa shape index (κ1) is 35.6. The topological polar surface area (TPSA) is 63.2 Å². The van der Waals surface area contributed by atoms with E-state index in [1.165, 1.54) is 57.5 Å². The van der Waals surface area contributed by atoms with Gasteiger partial charge < -0.3 is 20.8 Å². The monoisotopic (exact) mass is 731 g/mol. The van der Waals surface area contributed by atoms with Crippen molar-refractivity contribution >= 4 is 38.9 Å². The van der Waals surface area contributed by atoms with Crippen molar-refractivity contribution in [1.29, 1.82) is 0 Å². The summed E-state index contributed by atoms with van der Waals surface area (Å²) < 4.78 is 6.06. The van der Waals surface area contributed by atoms with E-state index < -0.39 is 0 Å². The lowest BCUT2D eigenvalue weighted by Crippen LogP contribution is -2.32. The van der Waals surface area contributed by atoms with E-state index in [0.29, 0.717) is 5.92 Å². The Hall–Kier alpha value is -6.10. The van der Waals surface area contributed by atoms with Gasteiger partial charge in [-0.3, -0.25) is 0 Å². The molecule has 0 spiro atoms. The van der Waals surface area contributed by atoms with Crippen LogP contribution in [0.5, 0.6) is 0 Å². The summed E-state index contributed by atoms with van der Waals surface area (Å²) in [7, 11) is 0. The molecule has 0 radical (unpaired) electrons. The number of nitrogens with one attached hydrogen (secondary N) is 2. The smallest absolute Gasteiger partial charge is 0.135 e. The molecule has 6 aromatic rings. The van der Waals surface area contributed by atoms with E-state index in [-0.39, 0.29) is 6.04 Å². The molecule has 0 aliphatic heterocycles. The normalized spacial score (nSPS) is 17.9. The Kier molecular flexibility index (Phi) is 10.4. The summed E-state index contributed by atoms with van der Waals surface area (Å²) in [5.74, 6) is 0.403. The molecule has 0 fully saturated rings. The van der Waals surface area contributed by atoms with Gasteiger partial charge in [-0.25, -0.2) is 0 Å². The maximum Gasteiger partial charge on any atom is 0.135 e. The van der Waals surface area contributed by atoms with Gasteiger partial charge in [0.2, 0.25) is 0 Å². The van der Waals surface area contributed by atoms with Gasteiger partial charge in [0, 0.05) is 40.3 Å². The summed E-state index contributed by atoms with van der Waals surface area (Å²) in [4.78, 5) is 0. The lowest BCUT2D eigenvalue weighted by atomic mass is 9.83. The molecule has 9 rings (SSSR count). The minimum absolute atomic E-state index is 0.0667. The zero-order valence-electron chi connectivity index (χ0n) is 31.9. The molecule has 1 heterocycles. The van der Waals surface area contributed by atoms with Gasteiger partial charge in [0.15, 0.2) is 0 Å². The van der Waals surface area contributed by atoms with E-state index in [1.807, 2.05) is 30.3 Å². The summed E-state index contributed by atoms with van der Waals surface area (Å²) in [6.45, 7) is 0.849. The fourth-order valence-corrected chi connectivity index (χ4v) is 8.54. The number of hydrogen-bond acceptors (Lipinski definition) is 4. The molecule has 3 aliphatic rings. The predicted octanol–water partition coefficient (Wildman–Crippen LogP) is 12.9. The number of para-hydroxylation sites is 1. The van der Waals surface area contributed by atoms with Gasteiger partial charge in [-0.2, -0.15) is 0 Å². The molecule has 3 aliphatic carbocycles. The number of rotatable bonds is 11. The third-order valence-corrected chi connectivity index (χ3v) is 11.5. The SMILES string of the molecule is N/C(=C\C(NCC1=CC(c2cccc(C3=C(Nc4ccc(-c5ccc6oc7ccccc7c6c5)cc4)C=CCC3)c2)CCC1)C1=CCCC=C1)c1ccccc1. The summed E-state index contributed by atoms with van der Waals surface area (Å²) in [5, 5.41) is 9.96. The lowest BCUT2D eigenvalue weighted by Gasteiger charge is -2.25. The van der Waals surface area contributed by atoms with Crippen LogP contribution in [0, 0.1) is 0 Å². The van der Waals surface area contributed by atoms with E-state index in [4.69, 9.17) is 10.2 Å². The third-order valence-electron chi connectivity index (χ3n) is 11.5. The fraction of sp³-hybridized carbons (Fsp3) is 0.192. The summed E-state index contributed by atoms with van der Waals surface area (Å²) in [6, 6.07) is 43.2. The van der Waals surface area contributed by atoms with Crippen LogP contribution >= 0.6 is 0 Å². The largest absolute Gasteiger partial charge is 0.456 e. The Balaban J connectivity index is 0.913. The summed E-state index contributed by atoms with van der Waals surface area (Å²) in [5.41, 5.74) is 21.8. The summed E-state index contributed by atoms with van der Waals surface area (Å²) >= 11 is 0. The highest BCUT2D eigenvalue weighted by Gasteiger charge is 2.20. The van der Waals surface area contributed by atoms with Crippen LogP contribution in [0.1, 0.15) is 67.6 Å². The predicted molar refractivity (Wildman–Crippen MR) is 236 cm³/mol. The van der Waals surface area contributed by atoms with E-state index >= 15 is 0 Å². The van der Waals surface area contributed by atoms with Crippen molar-refractivity contribution in [2.45, 2.75) is 56.9 Å². The van der Waals surface area contributed by atoms with Crippen LogP contribution in [0.4, 0.5) is 5.69 Å². The highest BCUT2D eigenvalue weighted by Crippen LogP contribution is 2.36.